The van der Waals surface area contributed by atoms with Gasteiger partial charge in [-0.05, 0) is 29.4 Å². The van der Waals surface area contributed by atoms with Crippen LogP contribution in [0.25, 0.3) is 0 Å². The molecule has 2 aromatic carbocycles. The summed E-state index contributed by atoms with van der Waals surface area (Å²) < 4.78 is 5.29. The summed E-state index contributed by atoms with van der Waals surface area (Å²) in [6, 6.07) is 14.0. The average molecular weight is 621 g/mol. The van der Waals surface area contributed by atoms with E-state index in [1.165, 1.54) is 4.90 Å². The molecule has 0 spiro atoms. The van der Waals surface area contributed by atoms with Crippen LogP contribution in [0.2, 0.25) is 0 Å². The maximum Gasteiger partial charge on any atom is 0.408 e. The van der Waals surface area contributed by atoms with Crippen molar-refractivity contribution in [2.75, 3.05) is 13.1 Å². The first-order valence-corrected chi connectivity index (χ1v) is 15.2. The Morgan fingerprint density at radius 2 is 1.60 bits per heavy atom. The highest BCUT2D eigenvalue weighted by molar-refractivity contribution is 6.38. The second kappa shape index (κ2) is 16.4. The third-order valence-corrected chi connectivity index (χ3v) is 7.80. The molecule has 1 saturated heterocycles. The number of alkyl carbamates (subject to hydrolysis) is 1. The van der Waals surface area contributed by atoms with Crippen LogP contribution in [0.5, 0.6) is 0 Å². The minimum atomic E-state index is -1.10. The molecule has 0 bridgehead atoms. The van der Waals surface area contributed by atoms with Crippen LogP contribution in [0.15, 0.2) is 54.6 Å². The van der Waals surface area contributed by atoms with Crippen molar-refractivity contribution < 1.29 is 28.7 Å². The molecular weight excluding hydrogens is 576 g/mol. The Kier molecular flexibility index (Phi) is 12.6. The van der Waals surface area contributed by atoms with Crippen LogP contribution in [-0.2, 0) is 37.1 Å². The third kappa shape index (κ3) is 10.2. The summed E-state index contributed by atoms with van der Waals surface area (Å²) in [6.45, 7) is 7.91. The minimum absolute atomic E-state index is 0.0360. The van der Waals surface area contributed by atoms with Gasteiger partial charge in [0, 0.05) is 25.2 Å². The predicted octanol–water partition coefficient (Wildman–Crippen LogP) is 2.49. The molecule has 12 nitrogen and oxygen atoms in total. The number of nitrogens with one attached hydrogen (secondary N) is 4. The molecule has 0 saturated carbocycles. The average Bonchev–Trinajstić information content (AvgIpc) is 3.00. The number of nitrogens with two attached hydrogens (primary N) is 1. The standard InChI is InChI=1S/C33H44N6O6/c1-5-21(4)27(38-31(42)26(15-20(2)3)37-33(44)45-19-23-9-7-6-8-10-23)28(40)32(43)39-17-25(18-39)30(41)36-16-22-11-13-24(14-12-22)29(34)35/h6-14,20-21,25-27H,5,15-19H2,1-4H3,(H3,34,35)(H,36,41)(H,37,44)(H,38,42)/t21-,26-,27?/m0/s1. The zero-order chi connectivity index (χ0) is 33.1. The molecule has 1 aliphatic rings. The molecule has 0 aromatic heterocycles. The number of benzene rings is 2. The number of rotatable bonds is 15. The van der Waals surface area contributed by atoms with E-state index in [-0.39, 0.29) is 49.8 Å². The normalized spacial score (nSPS) is 14.8. The second-order valence-electron chi connectivity index (χ2n) is 11.9. The van der Waals surface area contributed by atoms with Crippen molar-refractivity contribution in [2.24, 2.45) is 23.5 Å². The summed E-state index contributed by atoms with van der Waals surface area (Å²) in [4.78, 5) is 66.3. The summed E-state index contributed by atoms with van der Waals surface area (Å²) in [5.74, 6) is -3.17. The maximum absolute atomic E-state index is 13.4. The number of carbonyl (C=O) groups is 5. The molecule has 3 atom stereocenters. The number of ether oxygens (including phenoxy) is 1. The van der Waals surface area contributed by atoms with Crippen LogP contribution >= 0.6 is 0 Å². The van der Waals surface area contributed by atoms with E-state index in [1.54, 1.807) is 31.2 Å². The largest absolute Gasteiger partial charge is 0.445 e. The lowest BCUT2D eigenvalue weighted by Crippen LogP contribution is -2.61. The second-order valence-corrected chi connectivity index (χ2v) is 11.9. The Morgan fingerprint density at radius 3 is 2.18 bits per heavy atom. The molecule has 1 heterocycles. The Labute approximate surface area is 264 Å². The van der Waals surface area contributed by atoms with Gasteiger partial charge in [-0.15, -0.1) is 0 Å². The topological polar surface area (TPSA) is 184 Å². The SMILES string of the molecule is CC[C@H](C)C(NC(=O)[C@H](CC(C)C)NC(=O)OCc1ccccc1)C(=O)C(=O)N1CC(C(=O)NCc2ccc(C(=N)N)cc2)C1. The number of ketones is 1. The van der Waals surface area contributed by atoms with Gasteiger partial charge in [0.15, 0.2) is 0 Å². The molecule has 1 unspecified atom stereocenters. The van der Waals surface area contributed by atoms with Crippen LogP contribution < -0.4 is 21.7 Å². The first-order valence-electron chi connectivity index (χ1n) is 15.2. The summed E-state index contributed by atoms with van der Waals surface area (Å²) in [6.07, 6.45) is 0.0509. The zero-order valence-corrected chi connectivity index (χ0v) is 26.3. The molecular formula is C33H44N6O6. The Morgan fingerprint density at radius 1 is 0.956 bits per heavy atom. The lowest BCUT2D eigenvalue weighted by molar-refractivity contribution is -0.153. The number of amidine groups is 1. The van der Waals surface area contributed by atoms with E-state index < -0.39 is 41.7 Å². The van der Waals surface area contributed by atoms with E-state index >= 15 is 0 Å². The third-order valence-electron chi connectivity index (χ3n) is 7.80. The van der Waals surface area contributed by atoms with Crippen LogP contribution in [0, 0.1) is 23.2 Å². The van der Waals surface area contributed by atoms with Gasteiger partial charge < -0.3 is 31.3 Å². The lowest BCUT2D eigenvalue weighted by Gasteiger charge is -2.38. The molecule has 45 heavy (non-hydrogen) atoms. The number of carbonyl (C=O) groups excluding carboxylic acids is 5. The molecule has 1 fully saturated rings. The molecule has 242 valence electrons. The van der Waals surface area contributed by atoms with Crippen molar-refractivity contribution in [1.29, 1.82) is 5.41 Å². The zero-order valence-electron chi connectivity index (χ0n) is 26.3. The van der Waals surface area contributed by atoms with Crippen molar-refractivity contribution in [1.82, 2.24) is 20.9 Å². The highest BCUT2D eigenvalue weighted by Gasteiger charge is 2.41. The summed E-state index contributed by atoms with van der Waals surface area (Å²) in [5.41, 5.74) is 7.68. The van der Waals surface area contributed by atoms with Gasteiger partial charge in [0.2, 0.25) is 17.6 Å². The molecule has 12 heteroatoms. The molecule has 2 aromatic rings. The van der Waals surface area contributed by atoms with E-state index in [0.29, 0.717) is 18.4 Å². The number of amides is 4. The summed E-state index contributed by atoms with van der Waals surface area (Å²) in [5, 5.41) is 15.6. The number of nitrogens with zero attached hydrogens (tertiary/aromatic N) is 1. The van der Waals surface area contributed by atoms with Crippen molar-refractivity contribution in [3.05, 3.63) is 71.3 Å². The molecule has 6 N–H and O–H groups in total. The highest BCUT2D eigenvalue weighted by Crippen LogP contribution is 2.19. The minimum Gasteiger partial charge on any atom is -0.445 e. The number of likely N-dealkylation sites (tertiary alicyclic amines) is 1. The number of Topliss-reactive ketones (excluding diaryl/α,β-unsaturated/α-hetero) is 1. The van der Waals surface area contributed by atoms with Gasteiger partial charge in [-0.1, -0.05) is 88.7 Å². The fraction of sp³-hybridized carbons (Fsp3) is 0.455. The van der Waals surface area contributed by atoms with Crippen molar-refractivity contribution in [2.45, 2.75) is 65.8 Å². The molecule has 3 rings (SSSR count). The molecule has 1 aliphatic heterocycles. The quantitative estimate of drug-likeness (QED) is 0.115. The fourth-order valence-corrected chi connectivity index (χ4v) is 4.80. The van der Waals surface area contributed by atoms with Crippen molar-refractivity contribution in [3.8, 4) is 0 Å². The van der Waals surface area contributed by atoms with E-state index in [2.05, 4.69) is 16.0 Å². The van der Waals surface area contributed by atoms with Gasteiger partial charge in [-0.2, -0.15) is 0 Å². The van der Waals surface area contributed by atoms with Gasteiger partial charge in [0.05, 0.1) is 12.0 Å². The Balaban J connectivity index is 1.55. The Bertz CT molecular complexity index is 1360. The smallest absolute Gasteiger partial charge is 0.408 e. The lowest BCUT2D eigenvalue weighted by atomic mass is 9.91. The molecule has 4 amide bonds. The molecule has 0 radical (unpaired) electrons. The highest BCUT2D eigenvalue weighted by atomic mass is 16.5. The number of nitrogen functional groups attached to an aromatic ring is 1. The summed E-state index contributed by atoms with van der Waals surface area (Å²) >= 11 is 0. The van der Waals surface area contributed by atoms with Crippen LogP contribution in [0.3, 0.4) is 0 Å². The van der Waals surface area contributed by atoms with Crippen LogP contribution in [0.4, 0.5) is 4.79 Å². The van der Waals surface area contributed by atoms with Crippen molar-refractivity contribution >= 4 is 35.4 Å². The van der Waals surface area contributed by atoms with E-state index in [1.807, 2.05) is 51.1 Å². The fourth-order valence-electron chi connectivity index (χ4n) is 4.80. The summed E-state index contributed by atoms with van der Waals surface area (Å²) in [7, 11) is 0. The molecule has 0 aliphatic carbocycles. The van der Waals surface area contributed by atoms with Gasteiger partial charge in [0.25, 0.3) is 5.91 Å². The van der Waals surface area contributed by atoms with Gasteiger partial charge in [-0.3, -0.25) is 24.6 Å². The van der Waals surface area contributed by atoms with Crippen molar-refractivity contribution in [3.63, 3.8) is 0 Å². The van der Waals surface area contributed by atoms with E-state index in [0.717, 1.165) is 11.1 Å². The van der Waals surface area contributed by atoms with Gasteiger partial charge >= 0.3 is 6.09 Å². The van der Waals surface area contributed by atoms with E-state index in [4.69, 9.17) is 15.9 Å². The maximum atomic E-state index is 13.4. The van der Waals surface area contributed by atoms with Crippen LogP contribution in [-0.4, -0.2) is 65.5 Å². The van der Waals surface area contributed by atoms with Gasteiger partial charge in [-0.25, -0.2) is 4.79 Å². The van der Waals surface area contributed by atoms with Crippen LogP contribution in [0.1, 0.15) is 57.2 Å². The van der Waals surface area contributed by atoms with E-state index in [9.17, 15) is 24.0 Å². The predicted molar refractivity (Wildman–Crippen MR) is 169 cm³/mol. The number of hydrogen-bond acceptors (Lipinski definition) is 7. The first-order chi connectivity index (χ1) is 21.4. The first kappa shape index (κ1) is 34.7. The monoisotopic (exact) mass is 620 g/mol. The van der Waals surface area contributed by atoms with Gasteiger partial charge in [0.1, 0.15) is 18.5 Å². The Hall–Kier alpha value is -4.74. The number of hydrogen-bond donors (Lipinski definition) is 5.